The molecule has 0 spiro atoms. The molecule has 0 bridgehead atoms. The molecule has 1 N–H and O–H groups in total. The van der Waals surface area contributed by atoms with Crippen LogP contribution in [-0.2, 0) is 0 Å². The zero-order chi connectivity index (χ0) is 11.7. The fourth-order valence-corrected chi connectivity index (χ4v) is 3.06. The number of hydrogen-bond acceptors (Lipinski definition) is 4. The van der Waals surface area contributed by atoms with Crippen molar-refractivity contribution in [3.63, 3.8) is 0 Å². The molecular formula is C13H20N4. The van der Waals surface area contributed by atoms with Gasteiger partial charge in [0.15, 0.2) is 0 Å². The third kappa shape index (κ3) is 2.41. The van der Waals surface area contributed by atoms with Crippen molar-refractivity contribution in [2.24, 2.45) is 0 Å². The van der Waals surface area contributed by atoms with Gasteiger partial charge in [0, 0.05) is 30.5 Å². The first kappa shape index (κ1) is 11.0. The van der Waals surface area contributed by atoms with Crippen LogP contribution in [0.25, 0.3) is 0 Å². The van der Waals surface area contributed by atoms with Crippen molar-refractivity contribution in [3.8, 4) is 0 Å². The molecule has 0 aliphatic carbocycles. The van der Waals surface area contributed by atoms with Gasteiger partial charge in [0.1, 0.15) is 0 Å². The summed E-state index contributed by atoms with van der Waals surface area (Å²) >= 11 is 0. The molecule has 0 amide bonds. The molecule has 0 aromatic carbocycles. The number of nitrogens with one attached hydrogen (secondary N) is 1. The van der Waals surface area contributed by atoms with E-state index in [1.54, 1.807) is 0 Å². The maximum atomic E-state index is 4.42. The first-order valence-corrected chi connectivity index (χ1v) is 6.61. The van der Waals surface area contributed by atoms with Gasteiger partial charge in [0.05, 0.1) is 0 Å². The third-order valence-corrected chi connectivity index (χ3v) is 3.95. The number of aromatic nitrogens is 2. The molecule has 4 heteroatoms. The van der Waals surface area contributed by atoms with Crippen LogP contribution in [0.15, 0.2) is 12.3 Å². The lowest BCUT2D eigenvalue weighted by Crippen LogP contribution is -2.43. The molecule has 2 unspecified atom stereocenters. The summed E-state index contributed by atoms with van der Waals surface area (Å²) in [6.07, 6.45) is 7.03. The van der Waals surface area contributed by atoms with Gasteiger partial charge in [-0.1, -0.05) is 0 Å². The molecule has 1 aromatic heterocycles. The number of fused-ring (bicyclic) bond motifs is 1. The molecule has 0 saturated carbocycles. The summed E-state index contributed by atoms with van der Waals surface area (Å²) in [5.74, 6) is 0.793. The van der Waals surface area contributed by atoms with E-state index < -0.39 is 0 Å². The van der Waals surface area contributed by atoms with Crippen molar-refractivity contribution in [2.75, 3.05) is 18.4 Å². The molecular weight excluding hydrogens is 212 g/mol. The second kappa shape index (κ2) is 4.61. The summed E-state index contributed by atoms with van der Waals surface area (Å²) in [7, 11) is 0. The largest absolute Gasteiger partial charge is 0.351 e. The molecule has 2 aliphatic rings. The summed E-state index contributed by atoms with van der Waals surface area (Å²) in [5, 5.41) is 3.49. The number of nitrogens with zero attached hydrogens (tertiary/aromatic N) is 3. The van der Waals surface area contributed by atoms with Crippen molar-refractivity contribution >= 4 is 5.95 Å². The Balaban J connectivity index is 1.62. The lowest BCUT2D eigenvalue weighted by Gasteiger charge is -2.35. The Bertz CT molecular complexity index is 393. The van der Waals surface area contributed by atoms with Gasteiger partial charge in [0.25, 0.3) is 0 Å². The summed E-state index contributed by atoms with van der Waals surface area (Å²) < 4.78 is 0. The van der Waals surface area contributed by atoms with E-state index in [4.69, 9.17) is 0 Å². The van der Waals surface area contributed by atoms with Gasteiger partial charge in [0.2, 0.25) is 5.95 Å². The Morgan fingerprint density at radius 1 is 1.35 bits per heavy atom. The van der Waals surface area contributed by atoms with Gasteiger partial charge in [-0.25, -0.2) is 9.97 Å². The lowest BCUT2D eigenvalue weighted by atomic mass is 9.98. The van der Waals surface area contributed by atoms with Gasteiger partial charge in [-0.05, 0) is 45.2 Å². The summed E-state index contributed by atoms with van der Waals surface area (Å²) in [6, 6.07) is 3.28. The smallest absolute Gasteiger partial charge is 0.223 e. The minimum Gasteiger partial charge on any atom is -0.351 e. The number of aryl methyl sites for hydroxylation is 1. The predicted octanol–water partition coefficient (Wildman–Crippen LogP) is 1.82. The zero-order valence-corrected chi connectivity index (χ0v) is 10.4. The van der Waals surface area contributed by atoms with Crippen LogP contribution in [0.4, 0.5) is 5.95 Å². The molecule has 17 heavy (non-hydrogen) atoms. The molecule has 3 heterocycles. The Labute approximate surface area is 102 Å². The standard InChI is InChI=1S/C13H20N4/c1-10-4-6-14-13(15-10)16-11-5-8-17-7-2-3-12(17)9-11/h4,6,11-12H,2-3,5,7-9H2,1H3,(H,14,15,16). The van der Waals surface area contributed by atoms with Crippen molar-refractivity contribution in [2.45, 2.75) is 44.7 Å². The van der Waals surface area contributed by atoms with E-state index in [0.717, 1.165) is 17.7 Å². The quantitative estimate of drug-likeness (QED) is 0.844. The van der Waals surface area contributed by atoms with E-state index in [9.17, 15) is 0 Å². The maximum Gasteiger partial charge on any atom is 0.223 e. The summed E-state index contributed by atoms with van der Waals surface area (Å²) in [5.41, 5.74) is 1.03. The van der Waals surface area contributed by atoms with Crippen LogP contribution in [0, 0.1) is 6.92 Å². The maximum absolute atomic E-state index is 4.42. The average Bonchev–Trinajstić information content (AvgIpc) is 2.76. The Kier molecular flexibility index (Phi) is 2.97. The van der Waals surface area contributed by atoms with Crippen LogP contribution >= 0.6 is 0 Å². The number of hydrogen-bond donors (Lipinski definition) is 1. The molecule has 2 aliphatic heterocycles. The second-order valence-electron chi connectivity index (χ2n) is 5.22. The van der Waals surface area contributed by atoms with Gasteiger partial charge in [-0.2, -0.15) is 0 Å². The fraction of sp³-hybridized carbons (Fsp3) is 0.692. The number of piperidine rings is 1. The van der Waals surface area contributed by atoms with Crippen LogP contribution in [0.3, 0.4) is 0 Å². The van der Waals surface area contributed by atoms with Crippen LogP contribution in [0.2, 0.25) is 0 Å². The van der Waals surface area contributed by atoms with E-state index in [1.807, 2.05) is 19.2 Å². The molecule has 3 rings (SSSR count). The molecule has 1 aromatic rings. The summed E-state index contributed by atoms with van der Waals surface area (Å²) in [6.45, 7) is 4.54. The SMILES string of the molecule is Cc1ccnc(NC2CCN3CCCC3C2)n1. The van der Waals surface area contributed by atoms with E-state index >= 15 is 0 Å². The molecule has 2 fully saturated rings. The molecule has 2 atom stereocenters. The van der Waals surface area contributed by atoms with Crippen molar-refractivity contribution in [1.29, 1.82) is 0 Å². The number of anilines is 1. The molecule has 92 valence electrons. The van der Waals surface area contributed by atoms with E-state index in [2.05, 4.69) is 20.2 Å². The zero-order valence-electron chi connectivity index (χ0n) is 10.4. The van der Waals surface area contributed by atoms with Gasteiger partial charge in [-0.15, -0.1) is 0 Å². The van der Waals surface area contributed by atoms with Crippen molar-refractivity contribution < 1.29 is 0 Å². The van der Waals surface area contributed by atoms with Gasteiger partial charge >= 0.3 is 0 Å². The predicted molar refractivity (Wildman–Crippen MR) is 68.0 cm³/mol. The van der Waals surface area contributed by atoms with Crippen LogP contribution in [-0.4, -0.2) is 40.0 Å². The van der Waals surface area contributed by atoms with Crippen LogP contribution in [0.1, 0.15) is 31.4 Å². The Morgan fingerprint density at radius 2 is 2.29 bits per heavy atom. The Hall–Kier alpha value is -1.16. The van der Waals surface area contributed by atoms with Crippen molar-refractivity contribution in [1.82, 2.24) is 14.9 Å². The highest BCUT2D eigenvalue weighted by Crippen LogP contribution is 2.27. The first-order chi connectivity index (χ1) is 8.31. The lowest BCUT2D eigenvalue weighted by molar-refractivity contribution is 0.188. The highest BCUT2D eigenvalue weighted by atomic mass is 15.2. The van der Waals surface area contributed by atoms with Crippen LogP contribution < -0.4 is 5.32 Å². The second-order valence-corrected chi connectivity index (χ2v) is 5.22. The molecule has 2 saturated heterocycles. The highest BCUT2D eigenvalue weighted by molar-refractivity contribution is 5.26. The normalized spacial score (nSPS) is 29.0. The molecule has 4 nitrogen and oxygen atoms in total. The van der Waals surface area contributed by atoms with Gasteiger partial charge in [-0.3, -0.25) is 0 Å². The van der Waals surface area contributed by atoms with Gasteiger partial charge < -0.3 is 10.2 Å². The summed E-state index contributed by atoms with van der Waals surface area (Å²) in [4.78, 5) is 11.3. The van der Waals surface area contributed by atoms with E-state index in [0.29, 0.717) is 6.04 Å². The highest BCUT2D eigenvalue weighted by Gasteiger charge is 2.31. The van der Waals surface area contributed by atoms with E-state index in [1.165, 1.54) is 38.8 Å². The molecule has 0 radical (unpaired) electrons. The Morgan fingerprint density at radius 3 is 3.18 bits per heavy atom. The topological polar surface area (TPSA) is 41.1 Å². The van der Waals surface area contributed by atoms with Crippen molar-refractivity contribution in [3.05, 3.63) is 18.0 Å². The number of rotatable bonds is 2. The monoisotopic (exact) mass is 232 g/mol. The first-order valence-electron chi connectivity index (χ1n) is 6.61. The van der Waals surface area contributed by atoms with E-state index in [-0.39, 0.29) is 0 Å². The fourth-order valence-electron chi connectivity index (χ4n) is 3.06. The minimum atomic E-state index is 0.552. The average molecular weight is 232 g/mol. The third-order valence-electron chi connectivity index (χ3n) is 3.95. The van der Waals surface area contributed by atoms with Crippen LogP contribution in [0.5, 0.6) is 0 Å². The minimum absolute atomic E-state index is 0.552.